The van der Waals surface area contributed by atoms with E-state index in [1.807, 2.05) is 0 Å². The van der Waals surface area contributed by atoms with Crippen molar-refractivity contribution >= 4 is 38.7 Å². The number of nitrogens with one attached hydrogen (secondary N) is 2. The number of nitrogen functional groups attached to an aromatic ring is 1. The van der Waals surface area contributed by atoms with Crippen molar-refractivity contribution in [3.8, 4) is 11.4 Å². The van der Waals surface area contributed by atoms with Crippen molar-refractivity contribution < 1.29 is 52.1 Å². The first-order valence-corrected chi connectivity index (χ1v) is 10.9. The second-order valence-corrected chi connectivity index (χ2v) is 8.53. The van der Waals surface area contributed by atoms with Gasteiger partial charge in [-0.05, 0) is 23.4 Å². The molecule has 1 aliphatic rings. The first kappa shape index (κ1) is 23.7. The third-order valence-electron chi connectivity index (χ3n) is 5.21. The number of carbonyl (C=O) groups excluding carboxylic acids is 2. The third-order valence-corrected chi connectivity index (χ3v) is 6.09. The molecular formula is C21H13N6NaO5S. The molecule has 0 atom stereocenters. The van der Waals surface area contributed by atoms with Crippen LogP contribution in [0.3, 0.4) is 0 Å². The van der Waals surface area contributed by atoms with Crippen LogP contribution in [0.1, 0.15) is 31.8 Å². The molecule has 0 saturated heterocycles. The van der Waals surface area contributed by atoms with Gasteiger partial charge in [0.1, 0.15) is 10.1 Å². The summed E-state index contributed by atoms with van der Waals surface area (Å²) in [7, 11) is -5.05. The number of rotatable bonds is 4. The van der Waals surface area contributed by atoms with Crippen LogP contribution in [-0.2, 0) is 10.1 Å². The maximum Gasteiger partial charge on any atom is 1.00 e. The van der Waals surface area contributed by atoms with Gasteiger partial charge < -0.3 is 15.6 Å². The minimum Gasteiger partial charge on any atom is -0.744 e. The number of aromatic amines is 1. The number of fused-ring (bicyclic) bond motifs is 2. The summed E-state index contributed by atoms with van der Waals surface area (Å²) in [4.78, 5) is 25.7. The van der Waals surface area contributed by atoms with Crippen LogP contribution in [0.4, 0.5) is 17.1 Å². The molecule has 0 saturated carbocycles. The van der Waals surface area contributed by atoms with Crippen LogP contribution in [0.25, 0.3) is 11.4 Å². The van der Waals surface area contributed by atoms with Gasteiger partial charge in [-0.25, -0.2) is 8.42 Å². The predicted octanol–water partition coefficient (Wildman–Crippen LogP) is -1.12. The summed E-state index contributed by atoms with van der Waals surface area (Å²) in [6, 6.07) is 13.7. The first-order chi connectivity index (χ1) is 15.8. The van der Waals surface area contributed by atoms with Gasteiger partial charge in [0, 0.05) is 22.4 Å². The number of nitrogens with zero attached hydrogens (tertiary/aromatic N) is 3. The third kappa shape index (κ3) is 3.91. The molecule has 34 heavy (non-hydrogen) atoms. The van der Waals surface area contributed by atoms with Crippen LogP contribution >= 0.6 is 0 Å². The van der Waals surface area contributed by atoms with Gasteiger partial charge in [-0.3, -0.25) is 9.59 Å². The summed E-state index contributed by atoms with van der Waals surface area (Å²) in [6.45, 7) is 0. The van der Waals surface area contributed by atoms with E-state index < -0.39 is 32.3 Å². The molecule has 1 aromatic heterocycles. The SMILES string of the molecule is Nc1c(S(=O)(=O)[O-])cc(Nc2cccc(-c3nn[nH]n3)c2)c2c1C(=O)c1ccccc1C2=O.[Na+]. The van der Waals surface area contributed by atoms with Crippen LogP contribution < -0.4 is 40.6 Å². The van der Waals surface area contributed by atoms with Crippen molar-refractivity contribution in [2.24, 2.45) is 0 Å². The summed E-state index contributed by atoms with van der Waals surface area (Å²) >= 11 is 0. The fourth-order valence-corrected chi connectivity index (χ4v) is 4.41. The van der Waals surface area contributed by atoms with Gasteiger partial charge in [0.05, 0.1) is 27.4 Å². The van der Waals surface area contributed by atoms with E-state index in [1.165, 1.54) is 12.1 Å². The standard InChI is InChI=1S/C21H14N6O5S.Na/c22-18-15(33(30,31)32)9-14(23-11-5-3-4-10(8-11)21-24-26-27-25-21)16-17(18)20(29)13-7-2-1-6-12(13)19(16)28;/h1-9,23H,22H2,(H,30,31,32)(H,24,25,26,27);/q;+1/p-1. The monoisotopic (exact) mass is 484 g/mol. The summed E-state index contributed by atoms with van der Waals surface area (Å²) < 4.78 is 35.7. The molecule has 4 aromatic rings. The van der Waals surface area contributed by atoms with E-state index in [-0.39, 0.29) is 57.5 Å². The Bertz CT molecular complexity index is 1570. The van der Waals surface area contributed by atoms with E-state index in [9.17, 15) is 22.6 Å². The van der Waals surface area contributed by atoms with Crippen molar-refractivity contribution in [3.05, 3.63) is 76.9 Å². The number of carbonyl (C=O) groups is 2. The molecule has 3 aromatic carbocycles. The van der Waals surface area contributed by atoms with E-state index in [0.29, 0.717) is 17.1 Å². The minimum absolute atomic E-state index is 0. The number of nitrogens with two attached hydrogens (primary N) is 1. The van der Waals surface area contributed by atoms with Crippen molar-refractivity contribution in [2.75, 3.05) is 11.1 Å². The molecule has 0 aliphatic heterocycles. The Balaban J connectivity index is 0.00000274. The molecule has 0 unspecified atom stereocenters. The predicted molar refractivity (Wildman–Crippen MR) is 115 cm³/mol. The van der Waals surface area contributed by atoms with Gasteiger partial charge in [0.2, 0.25) is 5.82 Å². The normalized spacial score (nSPS) is 12.5. The molecule has 13 heteroatoms. The molecule has 11 nitrogen and oxygen atoms in total. The van der Waals surface area contributed by atoms with Crippen LogP contribution in [0, 0.1) is 0 Å². The van der Waals surface area contributed by atoms with Gasteiger partial charge in [-0.1, -0.05) is 36.4 Å². The van der Waals surface area contributed by atoms with E-state index in [4.69, 9.17) is 5.73 Å². The van der Waals surface area contributed by atoms with Crippen molar-refractivity contribution in [1.29, 1.82) is 0 Å². The molecular weight excluding hydrogens is 471 g/mol. The molecule has 0 radical (unpaired) electrons. The van der Waals surface area contributed by atoms with Crippen LogP contribution in [0.2, 0.25) is 0 Å². The molecule has 0 fully saturated rings. The van der Waals surface area contributed by atoms with Gasteiger partial charge >= 0.3 is 29.6 Å². The summed E-state index contributed by atoms with van der Waals surface area (Å²) in [5.41, 5.74) is 6.11. The number of benzene rings is 3. The van der Waals surface area contributed by atoms with Crippen molar-refractivity contribution in [3.63, 3.8) is 0 Å². The van der Waals surface area contributed by atoms with E-state index >= 15 is 0 Å². The summed E-state index contributed by atoms with van der Waals surface area (Å²) in [6.07, 6.45) is 0. The number of hydrogen-bond donors (Lipinski definition) is 3. The van der Waals surface area contributed by atoms with Gasteiger partial charge in [0.25, 0.3) is 0 Å². The molecule has 164 valence electrons. The van der Waals surface area contributed by atoms with E-state index in [1.54, 1.807) is 36.4 Å². The number of anilines is 3. The topological polar surface area (TPSA) is 184 Å². The van der Waals surface area contributed by atoms with Crippen LogP contribution in [0.5, 0.6) is 0 Å². The quantitative estimate of drug-likeness (QED) is 0.160. The second kappa shape index (κ2) is 8.74. The smallest absolute Gasteiger partial charge is 0.744 e. The number of aromatic nitrogens is 4. The Hall–Kier alpha value is -3.42. The maximum absolute atomic E-state index is 13.3. The Morgan fingerprint density at radius 1 is 0.941 bits per heavy atom. The largest absolute Gasteiger partial charge is 1.00 e. The first-order valence-electron chi connectivity index (χ1n) is 9.47. The van der Waals surface area contributed by atoms with Gasteiger partial charge in [-0.15, -0.1) is 10.2 Å². The molecule has 0 spiro atoms. The minimum atomic E-state index is -5.05. The van der Waals surface area contributed by atoms with Crippen LogP contribution in [0.15, 0.2) is 59.5 Å². The van der Waals surface area contributed by atoms with Crippen LogP contribution in [-0.4, -0.2) is 45.2 Å². The fraction of sp³-hybridized carbons (Fsp3) is 0. The Morgan fingerprint density at radius 3 is 2.24 bits per heavy atom. The number of H-pyrrole nitrogens is 1. The molecule has 4 N–H and O–H groups in total. The molecule has 1 aliphatic carbocycles. The number of ketones is 2. The number of tetrazole rings is 1. The fourth-order valence-electron chi connectivity index (χ4n) is 3.77. The van der Waals surface area contributed by atoms with E-state index in [2.05, 4.69) is 25.9 Å². The molecule has 1 heterocycles. The zero-order valence-electron chi connectivity index (χ0n) is 17.6. The molecule has 0 amide bonds. The molecule has 5 rings (SSSR count). The van der Waals surface area contributed by atoms with Gasteiger partial charge in [-0.2, -0.15) is 5.21 Å². The zero-order valence-corrected chi connectivity index (χ0v) is 20.4. The summed E-state index contributed by atoms with van der Waals surface area (Å²) in [5, 5.41) is 16.6. The average Bonchev–Trinajstić information content (AvgIpc) is 3.33. The Kier molecular flexibility index (Phi) is 6.10. The number of hydrogen-bond acceptors (Lipinski definition) is 10. The zero-order chi connectivity index (χ0) is 23.3. The molecule has 0 bridgehead atoms. The maximum atomic E-state index is 13.3. The van der Waals surface area contributed by atoms with Crippen molar-refractivity contribution in [1.82, 2.24) is 20.6 Å². The second-order valence-electron chi connectivity index (χ2n) is 7.19. The van der Waals surface area contributed by atoms with Crippen molar-refractivity contribution in [2.45, 2.75) is 4.90 Å². The Morgan fingerprint density at radius 2 is 1.62 bits per heavy atom. The summed E-state index contributed by atoms with van der Waals surface area (Å²) in [5.74, 6) is -0.869. The average molecular weight is 484 g/mol. The van der Waals surface area contributed by atoms with E-state index in [0.717, 1.165) is 6.07 Å². The van der Waals surface area contributed by atoms with Gasteiger partial charge in [0.15, 0.2) is 11.6 Å². The Labute approximate surface area is 214 Å².